The quantitative estimate of drug-likeness (QED) is 0.721. The standard InChI is InChI=1S/C19H16FN3O2S/c1-11-17-18(12-2-8-15(24)9-3-12)26-10-16(25)21-19(17)23(22-11)14-6-4-13(20)5-7-14/h2-9,18,24H,10H2,1H3,(H,21,25). The highest BCUT2D eigenvalue weighted by Gasteiger charge is 2.30. The average Bonchev–Trinajstić information content (AvgIpc) is 2.83. The van der Waals surface area contributed by atoms with E-state index in [0.717, 1.165) is 16.8 Å². The number of amides is 1. The van der Waals surface area contributed by atoms with Crippen LogP contribution in [0, 0.1) is 12.7 Å². The highest BCUT2D eigenvalue weighted by atomic mass is 32.2. The van der Waals surface area contributed by atoms with Crippen molar-refractivity contribution in [1.29, 1.82) is 0 Å². The Morgan fingerprint density at radius 2 is 1.88 bits per heavy atom. The van der Waals surface area contributed by atoms with Crippen LogP contribution >= 0.6 is 11.8 Å². The minimum Gasteiger partial charge on any atom is -0.508 e. The van der Waals surface area contributed by atoms with Gasteiger partial charge in [-0.2, -0.15) is 5.10 Å². The van der Waals surface area contributed by atoms with Gasteiger partial charge in [-0.15, -0.1) is 11.8 Å². The van der Waals surface area contributed by atoms with E-state index in [-0.39, 0.29) is 22.7 Å². The lowest BCUT2D eigenvalue weighted by atomic mass is 10.0. The summed E-state index contributed by atoms with van der Waals surface area (Å²) in [5.74, 6) is 0.664. The van der Waals surface area contributed by atoms with Crippen molar-refractivity contribution in [3.63, 3.8) is 0 Å². The van der Waals surface area contributed by atoms with Gasteiger partial charge in [0.25, 0.3) is 0 Å². The molecule has 2 heterocycles. The number of fused-ring (bicyclic) bond motifs is 1. The highest BCUT2D eigenvalue weighted by molar-refractivity contribution is 8.00. The summed E-state index contributed by atoms with van der Waals surface area (Å²) in [5, 5.41) is 17.0. The number of aryl methyl sites for hydroxylation is 1. The minimum absolute atomic E-state index is 0.0984. The van der Waals surface area contributed by atoms with E-state index in [0.29, 0.717) is 17.3 Å². The maximum atomic E-state index is 13.3. The summed E-state index contributed by atoms with van der Waals surface area (Å²) in [6.07, 6.45) is 0. The number of carbonyl (C=O) groups is 1. The lowest BCUT2D eigenvalue weighted by molar-refractivity contribution is -0.113. The first-order valence-electron chi connectivity index (χ1n) is 8.09. The molecule has 0 bridgehead atoms. The molecule has 7 heteroatoms. The number of rotatable bonds is 2. The molecule has 0 saturated heterocycles. The highest BCUT2D eigenvalue weighted by Crippen LogP contribution is 2.44. The van der Waals surface area contributed by atoms with E-state index >= 15 is 0 Å². The van der Waals surface area contributed by atoms with Crippen LogP contribution in [0.25, 0.3) is 5.69 Å². The second-order valence-electron chi connectivity index (χ2n) is 6.07. The lowest BCUT2D eigenvalue weighted by Gasteiger charge is -2.15. The van der Waals surface area contributed by atoms with Crippen LogP contribution in [-0.4, -0.2) is 26.5 Å². The van der Waals surface area contributed by atoms with Crippen molar-refractivity contribution in [2.75, 3.05) is 11.1 Å². The summed E-state index contributed by atoms with van der Waals surface area (Å²) in [7, 11) is 0. The van der Waals surface area contributed by atoms with Crippen molar-refractivity contribution < 1.29 is 14.3 Å². The monoisotopic (exact) mass is 369 g/mol. The van der Waals surface area contributed by atoms with Crippen molar-refractivity contribution in [3.05, 3.63) is 71.2 Å². The van der Waals surface area contributed by atoms with E-state index in [4.69, 9.17) is 0 Å². The van der Waals surface area contributed by atoms with E-state index in [2.05, 4.69) is 10.4 Å². The first-order valence-corrected chi connectivity index (χ1v) is 9.13. The third-order valence-electron chi connectivity index (χ3n) is 4.27. The first-order chi connectivity index (χ1) is 12.5. The van der Waals surface area contributed by atoms with Gasteiger partial charge in [0.2, 0.25) is 5.91 Å². The molecule has 1 amide bonds. The Morgan fingerprint density at radius 1 is 1.19 bits per heavy atom. The van der Waals surface area contributed by atoms with Gasteiger partial charge in [-0.1, -0.05) is 12.1 Å². The van der Waals surface area contributed by atoms with E-state index < -0.39 is 0 Å². The van der Waals surface area contributed by atoms with Crippen molar-refractivity contribution in [2.45, 2.75) is 12.2 Å². The van der Waals surface area contributed by atoms with E-state index in [1.165, 1.54) is 23.9 Å². The number of benzene rings is 2. The van der Waals surface area contributed by atoms with Crippen LogP contribution in [0.1, 0.15) is 22.1 Å². The Bertz CT molecular complexity index is 968. The zero-order valence-electron chi connectivity index (χ0n) is 13.9. The van der Waals surface area contributed by atoms with Crippen molar-refractivity contribution in [1.82, 2.24) is 9.78 Å². The number of anilines is 1. The maximum Gasteiger partial charge on any atom is 0.235 e. The molecule has 1 atom stereocenters. The molecule has 0 spiro atoms. The number of nitrogens with zero attached hydrogens (tertiary/aromatic N) is 2. The molecule has 132 valence electrons. The molecule has 2 aromatic carbocycles. The molecule has 0 radical (unpaired) electrons. The molecule has 26 heavy (non-hydrogen) atoms. The number of phenolic OH excluding ortho intramolecular Hbond substituents is 1. The van der Waals surface area contributed by atoms with Crippen LogP contribution in [-0.2, 0) is 4.79 Å². The zero-order chi connectivity index (χ0) is 18.3. The van der Waals surface area contributed by atoms with Crippen molar-refractivity contribution >= 4 is 23.5 Å². The molecule has 1 aliphatic heterocycles. The van der Waals surface area contributed by atoms with Gasteiger partial charge < -0.3 is 10.4 Å². The molecule has 0 fully saturated rings. The summed E-state index contributed by atoms with van der Waals surface area (Å²) in [6.45, 7) is 1.89. The van der Waals surface area contributed by atoms with Gasteiger partial charge in [0.05, 0.1) is 22.4 Å². The van der Waals surface area contributed by atoms with Crippen LogP contribution in [0.15, 0.2) is 48.5 Å². The van der Waals surface area contributed by atoms with Crippen LogP contribution < -0.4 is 5.32 Å². The normalized spacial score (nSPS) is 16.7. The van der Waals surface area contributed by atoms with Gasteiger partial charge in [0, 0.05) is 5.56 Å². The molecular formula is C19H16FN3O2S. The number of aromatic nitrogens is 2. The predicted molar refractivity (Wildman–Crippen MR) is 99.3 cm³/mol. The van der Waals surface area contributed by atoms with E-state index in [9.17, 15) is 14.3 Å². The molecular weight excluding hydrogens is 353 g/mol. The zero-order valence-corrected chi connectivity index (χ0v) is 14.8. The Labute approximate surface area is 153 Å². The number of carbonyl (C=O) groups excluding carboxylic acids is 1. The third-order valence-corrected chi connectivity index (χ3v) is 5.54. The van der Waals surface area contributed by atoms with Gasteiger partial charge in [-0.05, 0) is 48.9 Å². The Morgan fingerprint density at radius 3 is 2.58 bits per heavy atom. The number of phenols is 1. The Hall–Kier alpha value is -2.80. The van der Waals surface area contributed by atoms with E-state index in [1.54, 1.807) is 28.9 Å². The molecule has 0 aliphatic carbocycles. The van der Waals surface area contributed by atoms with Gasteiger partial charge >= 0.3 is 0 Å². The fourth-order valence-electron chi connectivity index (χ4n) is 3.07. The summed E-state index contributed by atoms with van der Waals surface area (Å²) in [6, 6.07) is 12.9. The molecule has 5 nitrogen and oxygen atoms in total. The van der Waals surface area contributed by atoms with Crippen LogP contribution in [0.2, 0.25) is 0 Å². The number of thioether (sulfide) groups is 1. The van der Waals surface area contributed by atoms with Crippen LogP contribution in [0.3, 0.4) is 0 Å². The van der Waals surface area contributed by atoms with Gasteiger partial charge in [-0.3, -0.25) is 4.79 Å². The number of hydrogen-bond donors (Lipinski definition) is 2. The molecule has 0 saturated carbocycles. The lowest BCUT2D eigenvalue weighted by Crippen LogP contribution is -2.15. The predicted octanol–water partition coefficient (Wildman–Crippen LogP) is 3.80. The molecule has 3 aromatic rings. The maximum absolute atomic E-state index is 13.3. The molecule has 4 rings (SSSR count). The topological polar surface area (TPSA) is 67.1 Å². The second kappa shape index (κ2) is 6.49. The average molecular weight is 369 g/mol. The number of nitrogens with one attached hydrogen (secondary N) is 1. The Kier molecular flexibility index (Phi) is 4.16. The summed E-state index contributed by atoms with van der Waals surface area (Å²) >= 11 is 1.51. The van der Waals surface area contributed by atoms with E-state index in [1.807, 2.05) is 19.1 Å². The second-order valence-corrected chi connectivity index (χ2v) is 7.16. The van der Waals surface area contributed by atoms with Crippen molar-refractivity contribution in [3.8, 4) is 11.4 Å². The van der Waals surface area contributed by atoms with Crippen LogP contribution in [0.4, 0.5) is 10.2 Å². The minimum atomic E-state index is -0.328. The summed E-state index contributed by atoms with van der Waals surface area (Å²) < 4.78 is 14.9. The first kappa shape index (κ1) is 16.7. The smallest absolute Gasteiger partial charge is 0.235 e. The van der Waals surface area contributed by atoms with Crippen LogP contribution in [0.5, 0.6) is 5.75 Å². The fourth-order valence-corrected chi connectivity index (χ4v) is 4.25. The van der Waals surface area contributed by atoms with Gasteiger partial charge in [-0.25, -0.2) is 9.07 Å². The molecule has 1 unspecified atom stereocenters. The third kappa shape index (κ3) is 2.94. The van der Waals surface area contributed by atoms with Crippen molar-refractivity contribution in [2.24, 2.45) is 0 Å². The Balaban J connectivity index is 1.87. The summed E-state index contributed by atoms with van der Waals surface area (Å²) in [5.41, 5.74) is 3.35. The molecule has 1 aromatic heterocycles. The number of halogens is 1. The molecule has 2 N–H and O–H groups in total. The number of aromatic hydroxyl groups is 1. The SMILES string of the molecule is Cc1nn(-c2ccc(F)cc2)c2c1C(c1ccc(O)cc1)SCC(=O)N2. The number of hydrogen-bond acceptors (Lipinski definition) is 4. The van der Waals surface area contributed by atoms with Gasteiger partial charge in [0.15, 0.2) is 0 Å². The fraction of sp³-hybridized carbons (Fsp3) is 0.158. The summed E-state index contributed by atoms with van der Waals surface area (Å²) in [4.78, 5) is 12.3. The largest absolute Gasteiger partial charge is 0.508 e. The molecule has 1 aliphatic rings. The van der Waals surface area contributed by atoms with Gasteiger partial charge in [0.1, 0.15) is 17.4 Å².